The number of hydrogen-bond donors (Lipinski definition) is 2. The third-order valence-electron chi connectivity index (χ3n) is 13.3. The molecule has 0 radical (unpaired) electrons. The lowest BCUT2D eigenvalue weighted by Gasteiger charge is -2.71. The summed E-state index contributed by atoms with van der Waals surface area (Å²) in [6, 6.07) is 12.7. The third kappa shape index (κ3) is 4.84. The highest BCUT2D eigenvalue weighted by molar-refractivity contribution is 5.76. The number of nitrogens with one attached hydrogen (secondary N) is 1. The van der Waals surface area contributed by atoms with E-state index < -0.39 is 5.97 Å². The molecule has 2 bridgehead atoms. The number of hydrogen-bond acceptors (Lipinski definition) is 6. The van der Waals surface area contributed by atoms with Crippen molar-refractivity contribution >= 4 is 11.9 Å². The van der Waals surface area contributed by atoms with Crippen molar-refractivity contribution in [1.82, 2.24) is 5.32 Å². The second kappa shape index (κ2) is 11.9. The summed E-state index contributed by atoms with van der Waals surface area (Å²) in [6.07, 6.45) is 14.5. The van der Waals surface area contributed by atoms with Gasteiger partial charge < -0.3 is 29.4 Å². The van der Waals surface area contributed by atoms with Gasteiger partial charge in [0.25, 0.3) is 0 Å². The van der Waals surface area contributed by atoms with Gasteiger partial charge in [0.15, 0.2) is 23.0 Å². The Balaban J connectivity index is 1.00. The van der Waals surface area contributed by atoms with Gasteiger partial charge in [0.05, 0.1) is 0 Å². The molecule has 6 aliphatic carbocycles. The lowest BCUT2D eigenvalue weighted by atomic mass is 9.33. The van der Waals surface area contributed by atoms with Crippen molar-refractivity contribution in [3.8, 4) is 23.0 Å². The molecule has 0 aromatic heterocycles. The van der Waals surface area contributed by atoms with Crippen LogP contribution in [0.2, 0.25) is 0 Å². The fourth-order valence-electron chi connectivity index (χ4n) is 11.6. The van der Waals surface area contributed by atoms with E-state index >= 15 is 0 Å². The second-order valence-electron chi connectivity index (χ2n) is 15.3. The summed E-state index contributed by atoms with van der Waals surface area (Å²) in [4.78, 5) is 24.7. The van der Waals surface area contributed by atoms with E-state index in [1.165, 1.54) is 11.1 Å². The number of ether oxygens (including phenoxy) is 4. The van der Waals surface area contributed by atoms with E-state index in [0.717, 1.165) is 48.7 Å². The molecular formula is C40H45NO7. The molecular weight excluding hydrogens is 606 g/mol. The fraction of sp³-hybridized carbons (Fsp3) is 0.550. The number of carboxylic acids is 1. The highest BCUT2D eigenvalue weighted by atomic mass is 16.7. The van der Waals surface area contributed by atoms with Gasteiger partial charge in [-0.25, -0.2) is 0 Å². The van der Waals surface area contributed by atoms with E-state index in [9.17, 15) is 14.7 Å². The van der Waals surface area contributed by atoms with E-state index in [-0.39, 0.29) is 25.9 Å². The molecule has 0 unspecified atom stereocenters. The Bertz CT molecular complexity index is 1670. The van der Waals surface area contributed by atoms with Crippen molar-refractivity contribution in [3.63, 3.8) is 0 Å². The average Bonchev–Trinajstić information content (AvgIpc) is 3.75. The standard InChI is InChI=1S/C40H45NO7/c1-2-41-35(42)18-30-29(15-22-7-13-32-34(17-22)48-20-46-32)39-25-10-11-27(40(30)39)38-24(25)8-9-26-28(23(37(26)38)4-3-5-36(43)44)14-21-6-12-31-33(16-21)47-19-45-31/h6-13,16-17,23-30,37-40H,2-5,14-15,18-20H2,1H3,(H,41,42)(H,43,44)/t23-,24-,25+,26-,27-,28-,29-,30-,37+,38-,39-,40+/m0/s1. The maximum absolute atomic E-state index is 13.2. The first kappa shape index (κ1) is 30.1. The zero-order valence-corrected chi connectivity index (χ0v) is 27.5. The third-order valence-corrected chi connectivity index (χ3v) is 13.3. The molecule has 10 rings (SSSR count). The van der Waals surface area contributed by atoms with E-state index in [1.54, 1.807) is 0 Å². The number of rotatable bonds is 11. The molecule has 8 nitrogen and oxygen atoms in total. The first-order valence-corrected chi connectivity index (χ1v) is 18.1. The van der Waals surface area contributed by atoms with Crippen LogP contribution in [0.3, 0.4) is 0 Å². The molecule has 48 heavy (non-hydrogen) atoms. The number of aliphatic carboxylic acids is 1. The van der Waals surface area contributed by atoms with Crippen LogP contribution in [-0.4, -0.2) is 37.1 Å². The van der Waals surface area contributed by atoms with Crippen LogP contribution in [0.1, 0.15) is 43.7 Å². The van der Waals surface area contributed by atoms with E-state index in [4.69, 9.17) is 18.9 Å². The fourth-order valence-corrected chi connectivity index (χ4v) is 11.6. The first-order chi connectivity index (χ1) is 23.5. The Morgan fingerprint density at radius 2 is 1.25 bits per heavy atom. The topological polar surface area (TPSA) is 103 Å². The second-order valence-corrected chi connectivity index (χ2v) is 15.3. The lowest BCUT2D eigenvalue weighted by molar-refractivity contribution is -0.191. The lowest BCUT2D eigenvalue weighted by Crippen LogP contribution is -2.67. The van der Waals surface area contributed by atoms with Crippen molar-refractivity contribution in [2.75, 3.05) is 20.1 Å². The number of carbonyl (C=O) groups excluding carboxylic acids is 1. The highest BCUT2D eigenvalue weighted by Crippen LogP contribution is 2.71. The van der Waals surface area contributed by atoms with Crippen LogP contribution in [0.15, 0.2) is 60.7 Å². The van der Waals surface area contributed by atoms with Crippen LogP contribution < -0.4 is 24.3 Å². The molecule has 2 aromatic carbocycles. The molecule has 2 aromatic rings. The van der Waals surface area contributed by atoms with Gasteiger partial charge in [-0.1, -0.05) is 36.4 Å². The summed E-state index contributed by atoms with van der Waals surface area (Å²) in [7, 11) is 0. The van der Waals surface area contributed by atoms with Gasteiger partial charge in [-0.05, 0) is 139 Å². The number of allylic oxidation sites excluding steroid dienone is 4. The SMILES string of the molecule is CCNC(=O)C[C@H]1[C@H](Cc2ccc3c(c2)OCO3)[C@@H]2[C@@H]3C=C[C@@H]([C@@H]4[C@H]3C=C[C@H]3[C@@H](Cc5ccc6c(c5)OCO6)[C@H](CCCC(=O)O)[C@H]34)[C@H]12. The largest absolute Gasteiger partial charge is 0.481 e. The maximum Gasteiger partial charge on any atom is 0.303 e. The summed E-state index contributed by atoms with van der Waals surface area (Å²) < 4.78 is 22.6. The molecule has 8 aliphatic rings. The van der Waals surface area contributed by atoms with Crippen LogP contribution >= 0.6 is 0 Å². The normalized spacial score (nSPS) is 36.8. The van der Waals surface area contributed by atoms with Crippen LogP contribution in [-0.2, 0) is 22.4 Å². The molecule has 0 saturated heterocycles. The van der Waals surface area contributed by atoms with Crippen molar-refractivity contribution in [3.05, 3.63) is 71.8 Å². The first-order valence-electron chi connectivity index (χ1n) is 18.1. The molecule has 3 fully saturated rings. The van der Waals surface area contributed by atoms with Gasteiger partial charge in [-0.2, -0.15) is 0 Å². The smallest absolute Gasteiger partial charge is 0.303 e. The number of fused-ring (bicyclic) bond motifs is 3. The molecule has 8 heteroatoms. The van der Waals surface area contributed by atoms with Gasteiger partial charge in [0.1, 0.15) is 0 Å². The van der Waals surface area contributed by atoms with Gasteiger partial charge >= 0.3 is 5.97 Å². The van der Waals surface area contributed by atoms with E-state index in [1.807, 2.05) is 19.1 Å². The Hall–Kier alpha value is -3.94. The zero-order valence-electron chi connectivity index (χ0n) is 27.5. The Morgan fingerprint density at radius 3 is 1.92 bits per heavy atom. The molecule has 0 spiro atoms. The summed E-state index contributed by atoms with van der Waals surface area (Å²) in [6.45, 7) is 3.19. The Morgan fingerprint density at radius 1 is 0.688 bits per heavy atom. The maximum atomic E-state index is 13.2. The van der Waals surface area contributed by atoms with Crippen molar-refractivity contribution in [2.24, 2.45) is 71.0 Å². The molecule has 252 valence electrons. The molecule has 3 saturated carbocycles. The van der Waals surface area contributed by atoms with Crippen LogP contribution in [0.5, 0.6) is 23.0 Å². The number of amides is 1. The predicted molar refractivity (Wildman–Crippen MR) is 177 cm³/mol. The van der Waals surface area contributed by atoms with Crippen molar-refractivity contribution in [1.29, 1.82) is 0 Å². The number of carbonyl (C=O) groups is 2. The summed E-state index contributed by atoms with van der Waals surface area (Å²) in [5.41, 5.74) is 2.52. The predicted octanol–water partition coefficient (Wildman–Crippen LogP) is 6.29. The van der Waals surface area contributed by atoms with Crippen molar-refractivity contribution < 1.29 is 33.6 Å². The summed E-state index contributed by atoms with van der Waals surface area (Å²) in [5.74, 6) is 8.52. The van der Waals surface area contributed by atoms with Crippen LogP contribution in [0.25, 0.3) is 0 Å². The quantitative estimate of drug-likeness (QED) is 0.276. The minimum atomic E-state index is -0.710. The Kier molecular flexibility index (Phi) is 7.46. The van der Waals surface area contributed by atoms with E-state index in [2.05, 4.69) is 53.9 Å². The summed E-state index contributed by atoms with van der Waals surface area (Å²) >= 11 is 0. The molecule has 1 amide bonds. The molecule has 2 aliphatic heterocycles. The van der Waals surface area contributed by atoms with Gasteiger partial charge in [0.2, 0.25) is 19.5 Å². The van der Waals surface area contributed by atoms with Crippen LogP contribution in [0, 0.1) is 71.0 Å². The van der Waals surface area contributed by atoms with Crippen molar-refractivity contribution in [2.45, 2.75) is 45.4 Å². The summed E-state index contributed by atoms with van der Waals surface area (Å²) in [5, 5.41) is 12.6. The van der Waals surface area contributed by atoms with E-state index in [0.29, 0.717) is 84.0 Å². The van der Waals surface area contributed by atoms with Gasteiger partial charge in [-0.3, -0.25) is 9.59 Å². The Labute approximate surface area is 281 Å². The highest BCUT2D eigenvalue weighted by Gasteiger charge is 2.67. The molecule has 12 atom stereocenters. The average molecular weight is 652 g/mol. The number of benzene rings is 2. The minimum Gasteiger partial charge on any atom is -0.481 e. The molecule has 2 N–H and O–H groups in total. The monoisotopic (exact) mass is 651 g/mol. The zero-order chi connectivity index (χ0) is 32.5. The molecule has 2 heterocycles. The van der Waals surface area contributed by atoms with Crippen LogP contribution in [0.4, 0.5) is 0 Å². The van der Waals surface area contributed by atoms with Gasteiger partial charge in [0, 0.05) is 19.4 Å². The number of carboxylic acid groups (broad SMARTS) is 1. The van der Waals surface area contributed by atoms with Gasteiger partial charge in [-0.15, -0.1) is 0 Å². The minimum absolute atomic E-state index is 0.166.